The molecule has 6 heteroatoms. The Bertz CT molecular complexity index is 684. The zero-order valence-corrected chi connectivity index (χ0v) is 12.2. The Morgan fingerprint density at radius 2 is 2.00 bits per heavy atom. The second kappa shape index (κ2) is 5.78. The number of ether oxygens (including phenoxy) is 1. The molecule has 1 heterocycles. The first-order valence-corrected chi connectivity index (χ1v) is 6.57. The van der Waals surface area contributed by atoms with Gasteiger partial charge in [0.15, 0.2) is 0 Å². The zero-order chi connectivity index (χ0) is 15.6. The summed E-state index contributed by atoms with van der Waals surface area (Å²) in [7, 11) is 0. The molecule has 1 aromatic carbocycles. The number of aromatic nitrogens is 1. The van der Waals surface area contributed by atoms with Gasteiger partial charge in [-0.05, 0) is 30.0 Å². The Hall–Kier alpha value is -2.63. The van der Waals surface area contributed by atoms with Crippen LogP contribution in [0.3, 0.4) is 0 Å². The number of pyridine rings is 1. The Morgan fingerprint density at radius 1 is 1.29 bits per heavy atom. The SMILES string of the molecule is Cc1ccc(C(C)C)cc1Oc1ccc([N+](=O)[O-])c(N)n1. The van der Waals surface area contributed by atoms with Crippen molar-refractivity contribution < 1.29 is 9.66 Å². The minimum atomic E-state index is -0.573. The van der Waals surface area contributed by atoms with E-state index >= 15 is 0 Å². The summed E-state index contributed by atoms with van der Waals surface area (Å²) in [6, 6.07) is 8.69. The second-order valence-corrected chi connectivity index (χ2v) is 5.09. The molecule has 0 spiro atoms. The van der Waals surface area contributed by atoms with Crippen LogP contribution in [0.15, 0.2) is 30.3 Å². The number of nitrogen functional groups attached to an aromatic ring is 1. The first kappa shape index (κ1) is 14.8. The lowest BCUT2D eigenvalue weighted by molar-refractivity contribution is -0.384. The molecule has 6 nitrogen and oxygen atoms in total. The topological polar surface area (TPSA) is 91.3 Å². The predicted molar refractivity (Wildman–Crippen MR) is 80.6 cm³/mol. The molecule has 1 aromatic heterocycles. The van der Waals surface area contributed by atoms with E-state index in [1.807, 2.05) is 25.1 Å². The number of hydrogen-bond donors (Lipinski definition) is 1. The van der Waals surface area contributed by atoms with Crippen molar-refractivity contribution in [2.45, 2.75) is 26.7 Å². The number of anilines is 1. The maximum atomic E-state index is 10.7. The summed E-state index contributed by atoms with van der Waals surface area (Å²) in [5.74, 6) is 1.13. The summed E-state index contributed by atoms with van der Waals surface area (Å²) in [5.41, 5.74) is 7.43. The summed E-state index contributed by atoms with van der Waals surface area (Å²) in [6.45, 7) is 6.11. The number of nitrogens with zero attached hydrogens (tertiary/aromatic N) is 2. The summed E-state index contributed by atoms with van der Waals surface area (Å²) < 4.78 is 5.70. The molecule has 21 heavy (non-hydrogen) atoms. The quantitative estimate of drug-likeness (QED) is 0.682. The molecule has 0 saturated heterocycles. The molecule has 2 aromatic rings. The Balaban J connectivity index is 2.32. The molecular weight excluding hydrogens is 270 g/mol. The highest BCUT2D eigenvalue weighted by Gasteiger charge is 2.14. The minimum absolute atomic E-state index is 0.157. The normalized spacial score (nSPS) is 10.7. The van der Waals surface area contributed by atoms with E-state index in [0.717, 1.165) is 11.1 Å². The number of hydrogen-bond acceptors (Lipinski definition) is 5. The van der Waals surface area contributed by atoms with Crippen molar-refractivity contribution in [2.24, 2.45) is 0 Å². The van der Waals surface area contributed by atoms with Crippen LogP contribution in [0.25, 0.3) is 0 Å². The third-order valence-corrected chi connectivity index (χ3v) is 3.17. The van der Waals surface area contributed by atoms with E-state index in [2.05, 4.69) is 18.8 Å². The zero-order valence-electron chi connectivity index (χ0n) is 12.2. The van der Waals surface area contributed by atoms with Crippen molar-refractivity contribution in [3.63, 3.8) is 0 Å². The lowest BCUT2D eigenvalue weighted by Crippen LogP contribution is -2.00. The number of aryl methyl sites for hydroxylation is 1. The summed E-state index contributed by atoms with van der Waals surface area (Å²) in [4.78, 5) is 14.1. The van der Waals surface area contributed by atoms with Crippen LogP contribution in [0.5, 0.6) is 11.6 Å². The molecule has 0 aliphatic rings. The molecule has 2 rings (SSSR count). The van der Waals surface area contributed by atoms with Crippen molar-refractivity contribution in [1.82, 2.24) is 4.98 Å². The average molecular weight is 287 g/mol. The fourth-order valence-corrected chi connectivity index (χ4v) is 1.86. The lowest BCUT2D eigenvalue weighted by Gasteiger charge is -2.12. The molecule has 110 valence electrons. The van der Waals surface area contributed by atoms with E-state index in [4.69, 9.17) is 10.5 Å². The highest BCUT2D eigenvalue weighted by molar-refractivity contribution is 5.53. The molecular formula is C15H17N3O3. The Kier molecular flexibility index (Phi) is 4.07. The Morgan fingerprint density at radius 3 is 2.57 bits per heavy atom. The van der Waals surface area contributed by atoms with Crippen molar-refractivity contribution in [3.8, 4) is 11.6 Å². The molecule has 0 aliphatic carbocycles. The first-order valence-electron chi connectivity index (χ1n) is 6.57. The summed E-state index contributed by atoms with van der Waals surface area (Å²) >= 11 is 0. The molecule has 0 aliphatic heterocycles. The van der Waals surface area contributed by atoms with Crippen LogP contribution in [-0.4, -0.2) is 9.91 Å². The standard InChI is InChI=1S/C15H17N3O3/c1-9(2)11-5-4-10(3)13(8-11)21-14-7-6-12(18(19)20)15(16)17-14/h4-9H,1-3H3,(H2,16,17). The highest BCUT2D eigenvalue weighted by Crippen LogP contribution is 2.30. The van der Waals surface area contributed by atoms with Crippen LogP contribution in [0, 0.1) is 17.0 Å². The van der Waals surface area contributed by atoms with Gasteiger partial charge in [0.05, 0.1) is 4.92 Å². The van der Waals surface area contributed by atoms with E-state index in [0.29, 0.717) is 11.7 Å². The second-order valence-electron chi connectivity index (χ2n) is 5.09. The summed E-state index contributed by atoms with van der Waals surface area (Å²) in [6.07, 6.45) is 0. The van der Waals surface area contributed by atoms with Crippen LogP contribution in [-0.2, 0) is 0 Å². The lowest BCUT2D eigenvalue weighted by atomic mass is 10.0. The van der Waals surface area contributed by atoms with Gasteiger partial charge in [0.1, 0.15) is 5.75 Å². The predicted octanol–water partition coefficient (Wildman–Crippen LogP) is 3.80. The van der Waals surface area contributed by atoms with Crippen LogP contribution in [0.1, 0.15) is 30.9 Å². The molecule has 0 radical (unpaired) electrons. The van der Waals surface area contributed by atoms with Crippen molar-refractivity contribution in [1.29, 1.82) is 0 Å². The van der Waals surface area contributed by atoms with Gasteiger partial charge < -0.3 is 10.5 Å². The number of benzene rings is 1. The van der Waals surface area contributed by atoms with E-state index < -0.39 is 4.92 Å². The minimum Gasteiger partial charge on any atom is -0.439 e. The van der Waals surface area contributed by atoms with E-state index in [9.17, 15) is 10.1 Å². The molecule has 0 amide bonds. The third kappa shape index (κ3) is 3.28. The van der Waals surface area contributed by atoms with E-state index in [-0.39, 0.29) is 17.4 Å². The van der Waals surface area contributed by atoms with Crippen LogP contribution in [0.4, 0.5) is 11.5 Å². The fraction of sp³-hybridized carbons (Fsp3) is 0.267. The number of nitro groups is 1. The van der Waals surface area contributed by atoms with Gasteiger partial charge in [0, 0.05) is 12.1 Å². The van der Waals surface area contributed by atoms with Crippen LogP contribution in [0.2, 0.25) is 0 Å². The van der Waals surface area contributed by atoms with Crippen LogP contribution >= 0.6 is 0 Å². The van der Waals surface area contributed by atoms with Crippen molar-refractivity contribution >= 4 is 11.5 Å². The molecule has 2 N–H and O–H groups in total. The highest BCUT2D eigenvalue weighted by atomic mass is 16.6. The van der Waals surface area contributed by atoms with Crippen molar-refractivity contribution in [2.75, 3.05) is 5.73 Å². The van der Waals surface area contributed by atoms with Gasteiger partial charge in [-0.3, -0.25) is 10.1 Å². The molecule has 0 fully saturated rings. The van der Waals surface area contributed by atoms with Crippen LogP contribution < -0.4 is 10.5 Å². The van der Waals surface area contributed by atoms with E-state index in [1.54, 1.807) is 0 Å². The van der Waals surface area contributed by atoms with Gasteiger partial charge in [-0.15, -0.1) is 0 Å². The monoisotopic (exact) mass is 287 g/mol. The van der Waals surface area contributed by atoms with Gasteiger partial charge in [0.2, 0.25) is 11.7 Å². The van der Waals surface area contributed by atoms with Gasteiger partial charge >= 0.3 is 5.69 Å². The average Bonchev–Trinajstić information content (AvgIpc) is 2.40. The third-order valence-electron chi connectivity index (χ3n) is 3.17. The number of rotatable bonds is 4. The summed E-state index contributed by atoms with van der Waals surface area (Å²) in [5, 5.41) is 10.7. The number of nitrogens with two attached hydrogens (primary N) is 1. The smallest absolute Gasteiger partial charge is 0.311 e. The maximum absolute atomic E-state index is 10.7. The largest absolute Gasteiger partial charge is 0.439 e. The van der Waals surface area contributed by atoms with Crippen molar-refractivity contribution in [3.05, 3.63) is 51.6 Å². The molecule has 0 unspecified atom stereocenters. The van der Waals surface area contributed by atoms with Gasteiger partial charge in [-0.1, -0.05) is 26.0 Å². The first-order chi connectivity index (χ1) is 9.88. The molecule has 0 bridgehead atoms. The van der Waals surface area contributed by atoms with Gasteiger partial charge in [-0.25, -0.2) is 0 Å². The van der Waals surface area contributed by atoms with Gasteiger partial charge in [0.25, 0.3) is 0 Å². The molecule has 0 atom stereocenters. The molecule has 0 saturated carbocycles. The van der Waals surface area contributed by atoms with E-state index in [1.165, 1.54) is 12.1 Å². The van der Waals surface area contributed by atoms with Gasteiger partial charge in [-0.2, -0.15) is 4.98 Å². The fourth-order valence-electron chi connectivity index (χ4n) is 1.86. The Labute approximate surface area is 122 Å². The maximum Gasteiger partial charge on any atom is 0.311 e.